The van der Waals surface area contributed by atoms with Gasteiger partial charge in [0.1, 0.15) is 0 Å². The Labute approximate surface area is 91.1 Å². The van der Waals surface area contributed by atoms with Crippen LogP contribution in [0.1, 0.15) is 45.4 Å². The van der Waals surface area contributed by atoms with Gasteiger partial charge >= 0.3 is 0 Å². The Morgan fingerprint density at radius 1 is 1.53 bits per heavy atom. The molecule has 5 aliphatic rings. The van der Waals surface area contributed by atoms with Gasteiger partial charge in [-0.2, -0.15) is 0 Å². The maximum Gasteiger partial charge on any atom is 0.220 e. The summed E-state index contributed by atoms with van der Waals surface area (Å²) in [5, 5.41) is 3.30. The number of hydrogen-bond donors (Lipinski definition) is 1. The van der Waals surface area contributed by atoms with Gasteiger partial charge in [0.25, 0.3) is 0 Å². The lowest BCUT2D eigenvalue weighted by Gasteiger charge is -2.58. The highest BCUT2D eigenvalue weighted by Gasteiger charge is 2.53. The zero-order chi connectivity index (χ0) is 10.5. The fourth-order valence-corrected chi connectivity index (χ4v) is 3.77. The van der Waals surface area contributed by atoms with Crippen molar-refractivity contribution in [2.75, 3.05) is 0 Å². The molecule has 2 nitrogen and oxygen atoms in total. The van der Waals surface area contributed by atoms with E-state index in [1.165, 1.54) is 19.3 Å². The second-order valence-corrected chi connectivity index (χ2v) is 5.52. The molecule has 15 heavy (non-hydrogen) atoms. The summed E-state index contributed by atoms with van der Waals surface area (Å²) in [6.45, 7) is 2.06. The largest absolute Gasteiger partial charge is 0.350 e. The molecule has 0 saturated heterocycles. The van der Waals surface area contributed by atoms with Crippen LogP contribution < -0.4 is 5.32 Å². The van der Waals surface area contributed by atoms with Gasteiger partial charge in [0, 0.05) is 12.0 Å². The van der Waals surface area contributed by atoms with Crippen molar-refractivity contribution in [3.63, 3.8) is 0 Å². The molecule has 0 aromatic carbocycles. The van der Waals surface area contributed by atoms with Crippen molar-refractivity contribution in [1.29, 1.82) is 0 Å². The number of fused-ring (bicyclic) bond motifs is 1. The predicted octanol–water partition coefficient (Wildman–Crippen LogP) is 2.40. The standard InChI is InChI=1S/C13H19NO/c1-2-3-12(15)14-13-5-4-11-9(7-13)6-10(11)8-13/h4,9-10H,2-3,5-8H2,1H3,(H,14,15). The topological polar surface area (TPSA) is 29.1 Å². The van der Waals surface area contributed by atoms with Crippen LogP contribution in [0.15, 0.2) is 11.6 Å². The molecule has 0 aromatic heterocycles. The van der Waals surface area contributed by atoms with E-state index in [0.29, 0.717) is 6.42 Å². The molecule has 2 heteroatoms. The first-order valence-electron chi connectivity index (χ1n) is 6.23. The predicted molar refractivity (Wildman–Crippen MR) is 59.3 cm³/mol. The summed E-state index contributed by atoms with van der Waals surface area (Å²) in [5.41, 5.74) is 1.86. The molecular formula is C13H19NO. The summed E-state index contributed by atoms with van der Waals surface area (Å²) in [6, 6.07) is 0. The Kier molecular flexibility index (Phi) is 1.95. The second kappa shape index (κ2) is 3.10. The van der Waals surface area contributed by atoms with Gasteiger partial charge in [-0.3, -0.25) is 4.79 Å². The number of nitrogens with one attached hydrogen (secondary N) is 1. The molecule has 2 unspecified atom stereocenters. The van der Waals surface area contributed by atoms with Gasteiger partial charge < -0.3 is 5.32 Å². The molecule has 0 radical (unpaired) electrons. The van der Waals surface area contributed by atoms with Crippen molar-refractivity contribution in [2.24, 2.45) is 11.8 Å². The molecule has 5 rings (SSSR count). The fourth-order valence-electron chi connectivity index (χ4n) is 3.77. The summed E-state index contributed by atoms with van der Waals surface area (Å²) in [7, 11) is 0. The van der Waals surface area contributed by atoms with Crippen LogP contribution in [-0.2, 0) is 4.79 Å². The summed E-state index contributed by atoms with van der Waals surface area (Å²) in [6.07, 6.45) is 8.94. The average molecular weight is 205 g/mol. The van der Waals surface area contributed by atoms with Gasteiger partial charge in [0.15, 0.2) is 0 Å². The van der Waals surface area contributed by atoms with Gasteiger partial charge in [0.2, 0.25) is 5.91 Å². The minimum absolute atomic E-state index is 0.154. The van der Waals surface area contributed by atoms with Crippen molar-refractivity contribution in [2.45, 2.75) is 51.0 Å². The zero-order valence-electron chi connectivity index (χ0n) is 9.38. The highest BCUT2D eigenvalue weighted by molar-refractivity contribution is 5.77. The Hall–Kier alpha value is -0.790. The average Bonchev–Trinajstić information content (AvgIpc) is 2.17. The number of amides is 1. The second-order valence-electron chi connectivity index (χ2n) is 5.52. The van der Waals surface area contributed by atoms with Crippen LogP contribution in [0.3, 0.4) is 0 Å². The zero-order valence-corrected chi connectivity index (χ0v) is 9.38. The minimum atomic E-state index is 0.154. The summed E-state index contributed by atoms with van der Waals surface area (Å²) in [4.78, 5) is 11.7. The molecule has 3 fully saturated rings. The Balaban J connectivity index is 1.71. The molecular weight excluding hydrogens is 186 g/mol. The fraction of sp³-hybridized carbons (Fsp3) is 0.769. The van der Waals surface area contributed by atoms with E-state index in [0.717, 1.165) is 24.7 Å². The first kappa shape index (κ1) is 9.44. The number of allylic oxidation sites excluding steroid dienone is 1. The van der Waals surface area contributed by atoms with E-state index in [-0.39, 0.29) is 11.4 Å². The minimum Gasteiger partial charge on any atom is -0.350 e. The smallest absolute Gasteiger partial charge is 0.220 e. The van der Waals surface area contributed by atoms with Gasteiger partial charge in [0.05, 0.1) is 0 Å². The molecule has 1 N–H and O–H groups in total. The van der Waals surface area contributed by atoms with E-state index < -0.39 is 0 Å². The molecule has 0 aromatic rings. The Morgan fingerprint density at radius 2 is 2.27 bits per heavy atom. The maximum atomic E-state index is 11.7. The first-order chi connectivity index (χ1) is 7.22. The van der Waals surface area contributed by atoms with Gasteiger partial charge in [-0.25, -0.2) is 0 Å². The lowest BCUT2D eigenvalue weighted by atomic mass is 9.51. The Morgan fingerprint density at radius 3 is 2.87 bits per heavy atom. The highest BCUT2D eigenvalue weighted by Crippen LogP contribution is 2.58. The Bertz CT molecular complexity index is 317. The number of carbonyl (C=O) groups excluding carboxylic acids is 1. The van der Waals surface area contributed by atoms with E-state index in [4.69, 9.17) is 0 Å². The SMILES string of the molecule is CCCC(=O)NC12CC=C3C(CC3C1)C2. The van der Waals surface area contributed by atoms with E-state index in [2.05, 4.69) is 18.3 Å². The maximum absolute atomic E-state index is 11.7. The third-order valence-electron chi connectivity index (χ3n) is 4.40. The van der Waals surface area contributed by atoms with Gasteiger partial charge in [-0.1, -0.05) is 18.6 Å². The van der Waals surface area contributed by atoms with Crippen molar-refractivity contribution >= 4 is 5.91 Å². The molecule has 0 aliphatic heterocycles. The van der Waals surface area contributed by atoms with Crippen molar-refractivity contribution in [3.05, 3.63) is 11.6 Å². The molecule has 1 amide bonds. The molecule has 0 spiro atoms. The molecule has 3 saturated carbocycles. The van der Waals surface area contributed by atoms with E-state index >= 15 is 0 Å². The van der Waals surface area contributed by atoms with Gasteiger partial charge in [-0.15, -0.1) is 0 Å². The lowest BCUT2D eigenvalue weighted by Crippen LogP contribution is -2.60. The third-order valence-corrected chi connectivity index (χ3v) is 4.40. The molecule has 0 heterocycles. The summed E-state index contributed by atoms with van der Waals surface area (Å²) >= 11 is 0. The van der Waals surface area contributed by atoms with Crippen molar-refractivity contribution in [1.82, 2.24) is 5.32 Å². The molecule has 5 aliphatic carbocycles. The molecule has 2 atom stereocenters. The summed E-state index contributed by atoms with van der Waals surface area (Å²) < 4.78 is 0. The normalized spacial score (nSPS) is 40.7. The summed E-state index contributed by atoms with van der Waals surface area (Å²) in [5.74, 6) is 1.90. The first-order valence-corrected chi connectivity index (χ1v) is 6.23. The lowest BCUT2D eigenvalue weighted by molar-refractivity contribution is -0.124. The van der Waals surface area contributed by atoms with Crippen LogP contribution in [0.4, 0.5) is 0 Å². The molecule has 4 bridgehead atoms. The van der Waals surface area contributed by atoms with Crippen molar-refractivity contribution < 1.29 is 4.79 Å². The highest BCUT2D eigenvalue weighted by atomic mass is 16.1. The van der Waals surface area contributed by atoms with E-state index in [1.807, 2.05) is 0 Å². The van der Waals surface area contributed by atoms with Crippen LogP contribution in [0, 0.1) is 11.8 Å². The number of hydrogen-bond acceptors (Lipinski definition) is 1. The van der Waals surface area contributed by atoms with Gasteiger partial charge in [-0.05, 0) is 43.9 Å². The van der Waals surface area contributed by atoms with Crippen LogP contribution >= 0.6 is 0 Å². The third kappa shape index (κ3) is 1.34. The van der Waals surface area contributed by atoms with Crippen LogP contribution in [0.2, 0.25) is 0 Å². The van der Waals surface area contributed by atoms with E-state index in [1.54, 1.807) is 5.57 Å². The van der Waals surface area contributed by atoms with Crippen LogP contribution in [0.5, 0.6) is 0 Å². The quantitative estimate of drug-likeness (QED) is 0.704. The molecule has 82 valence electrons. The van der Waals surface area contributed by atoms with Crippen LogP contribution in [-0.4, -0.2) is 11.4 Å². The monoisotopic (exact) mass is 205 g/mol. The number of rotatable bonds is 3. The van der Waals surface area contributed by atoms with Crippen LogP contribution in [0.25, 0.3) is 0 Å². The van der Waals surface area contributed by atoms with Crippen molar-refractivity contribution in [3.8, 4) is 0 Å². The number of carbonyl (C=O) groups is 1. The van der Waals surface area contributed by atoms with E-state index in [9.17, 15) is 4.79 Å².